The van der Waals surface area contributed by atoms with E-state index in [0.29, 0.717) is 5.75 Å². The molecule has 0 bridgehead atoms. The number of benzene rings is 2. The van der Waals surface area contributed by atoms with Crippen LogP contribution in [0.15, 0.2) is 42.5 Å². The summed E-state index contributed by atoms with van der Waals surface area (Å²) in [5, 5.41) is 4.69. The average molecular weight is 329 g/mol. The van der Waals surface area contributed by atoms with Crippen LogP contribution in [0.1, 0.15) is 20.3 Å². The summed E-state index contributed by atoms with van der Waals surface area (Å²) >= 11 is 0. The van der Waals surface area contributed by atoms with Crippen molar-refractivity contribution in [2.24, 2.45) is 5.92 Å². The quantitative estimate of drug-likeness (QED) is 0.793. The maximum atomic E-state index is 12.2. The minimum atomic E-state index is -0.663. The van der Waals surface area contributed by atoms with Crippen LogP contribution in [-0.2, 0) is 14.3 Å². The third-order valence-corrected chi connectivity index (χ3v) is 4.09. The first kappa shape index (κ1) is 17.8. The van der Waals surface area contributed by atoms with Gasteiger partial charge in [-0.15, -0.1) is 0 Å². The number of nitrogens with one attached hydrogen (secondary N) is 1. The van der Waals surface area contributed by atoms with E-state index >= 15 is 0 Å². The van der Waals surface area contributed by atoms with Crippen molar-refractivity contribution < 1.29 is 19.1 Å². The van der Waals surface area contributed by atoms with Crippen molar-refractivity contribution >= 4 is 22.6 Å². The van der Waals surface area contributed by atoms with Crippen molar-refractivity contribution in [1.29, 1.82) is 0 Å². The molecular weight excluding hydrogens is 306 g/mol. The lowest BCUT2D eigenvalue weighted by atomic mass is 9.99. The van der Waals surface area contributed by atoms with Gasteiger partial charge in [0.1, 0.15) is 11.8 Å². The second-order valence-electron chi connectivity index (χ2n) is 5.72. The Bertz CT molecular complexity index is 708. The Labute approximate surface area is 141 Å². The van der Waals surface area contributed by atoms with Gasteiger partial charge < -0.3 is 14.8 Å². The first-order chi connectivity index (χ1) is 11.6. The molecule has 24 heavy (non-hydrogen) atoms. The van der Waals surface area contributed by atoms with Crippen LogP contribution in [0.25, 0.3) is 10.8 Å². The number of carbonyl (C=O) groups excluding carboxylic acids is 2. The maximum absolute atomic E-state index is 12.2. The fourth-order valence-electron chi connectivity index (χ4n) is 2.48. The fourth-order valence-corrected chi connectivity index (χ4v) is 2.48. The molecule has 5 heteroatoms. The molecule has 2 rings (SSSR count). The smallest absolute Gasteiger partial charge is 0.328 e. The Balaban J connectivity index is 2.02. The Morgan fingerprint density at radius 1 is 1.12 bits per heavy atom. The molecule has 5 nitrogen and oxygen atoms in total. The predicted molar refractivity (Wildman–Crippen MR) is 92.8 cm³/mol. The summed E-state index contributed by atoms with van der Waals surface area (Å²) < 4.78 is 10.4. The predicted octanol–water partition coefficient (Wildman–Crippen LogP) is 2.92. The molecule has 0 aliphatic heterocycles. The Kier molecular flexibility index (Phi) is 6.18. The molecule has 0 aliphatic carbocycles. The largest absolute Gasteiger partial charge is 0.483 e. The van der Waals surface area contributed by atoms with Gasteiger partial charge in [-0.2, -0.15) is 0 Å². The summed E-state index contributed by atoms with van der Waals surface area (Å²) in [6.45, 7) is 3.70. The van der Waals surface area contributed by atoms with Crippen molar-refractivity contribution in [2.75, 3.05) is 13.7 Å². The number of fused-ring (bicyclic) bond motifs is 1. The molecule has 2 atom stereocenters. The van der Waals surface area contributed by atoms with E-state index in [1.54, 1.807) is 0 Å². The molecule has 0 heterocycles. The number of esters is 1. The van der Waals surface area contributed by atoms with Crippen LogP contribution in [0.4, 0.5) is 0 Å². The van der Waals surface area contributed by atoms with Gasteiger partial charge in [-0.1, -0.05) is 56.7 Å². The van der Waals surface area contributed by atoms with Crippen molar-refractivity contribution in [3.8, 4) is 5.75 Å². The van der Waals surface area contributed by atoms with Crippen LogP contribution < -0.4 is 10.1 Å². The Morgan fingerprint density at radius 3 is 2.54 bits per heavy atom. The maximum Gasteiger partial charge on any atom is 0.328 e. The minimum absolute atomic E-state index is 0.0149. The number of carbonyl (C=O) groups is 2. The molecule has 0 saturated carbocycles. The standard InChI is InChI=1S/C19H23NO4/c1-4-13(2)18(19(22)23-3)20-17(21)12-24-16-11-7-9-14-8-5-6-10-15(14)16/h5-11,13,18H,4,12H2,1-3H3,(H,20,21)/t13-,18+/m1/s1. The Hall–Kier alpha value is -2.56. The molecule has 0 aliphatic rings. The lowest BCUT2D eigenvalue weighted by Crippen LogP contribution is -2.47. The van der Waals surface area contributed by atoms with Crippen LogP contribution in [0.2, 0.25) is 0 Å². The molecule has 0 unspecified atom stereocenters. The minimum Gasteiger partial charge on any atom is -0.483 e. The summed E-state index contributed by atoms with van der Waals surface area (Å²) in [6.07, 6.45) is 0.754. The van der Waals surface area contributed by atoms with Crippen molar-refractivity contribution in [3.63, 3.8) is 0 Å². The van der Waals surface area contributed by atoms with Gasteiger partial charge in [0, 0.05) is 5.39 Å². The van der Waals surface area contributed by atoms with Crippen molar-refractivity contribution in [1.82, 2.24) is 5.32 Å². The zero-order chi connectivity index (χ0) is 17.5. The first-order valence-electron chi connectivity index (χ1n) is 8.04. The van der Waals surface area contributed by atoms with Crippen LogP contribution in [-0.4, -0.2) is 31.6 Å². The van der Waals surface area contributed by atoms with E-state index in [9.17, 15) is 9.59 Å². The van der Waals surface area contributed by atoms with E-state index in [0.717, 1.165) is 17.2 Å². The number of ether oxygens (including phenoxy) is 2. The van der Waals surface area contributed by atoms with Crippen LogP contribution in [0.5, 0.6) is 5.75 Å². The Morgan fingerprint density at radius 2 is 1.83 bits per heavy atom. The lowest BCUT2D eigenvalue weighted by Gasteiger charge is -2.21. The molecule has 128 valence electrons. The molecule has 1 N–H and O–H groups in total. The van der Waals surface area contributed by atoms with Crippen LogP contribution >= 0.6 is 0 Å². The van der Waals surface area contributed by atoms with Gasteiger partial charge in [0.15, 0.2) is 6.61 Å². The number of hydrogen-bond donors (Lipinski definition) is 1. The van der Waals surface area contributed by atoms with E-state index < -0.39 is 12.0 Å². The SMILES string of the molecule is CC[C@@H](C)[C@H](NC(=O)COc1cccc2ccccc12)C(=O)OC. The molecular formula is C19H23NO4. The fraction of sp³-hybridized carbons (Fsp3) is 0.368. The van der Waals surface area contributed by atoms with E-state index in [1.165, 1.54) is 7.11 Å². The van der Waals surface area contributed by atoms with Crippen molar-refractivity contribution in [2.45, 2.75) is 26.3 Å². The molecule has 0 spiro atoms. The summed E-state index contributed by atoms with van der Waals surface area (Å²) in [5.41, 5.74) is 0. The summed E-state index contributed by atoms with van der Waals surface area (Å²) in [7, 11) is 1.32. The monoisotopic (exact) mass is 329 g/mol. The molecule has 1 amide bonds. The number of amides is 1. The van der Waals surface area contributed by atoms with Gasteiger partial charge in [0.05, 0.1) is 7.11 Å². The summed E-state index contributed by atoms with van der Waals surface area (Å²) in [5.74, 6) is -0.165. The number of hydrogen-bond acceptors (Lipinski definition) is 4. The van der Waals surface area contributed by atoms with E-state index in [1.807, 2.05) is 56.3 Å². The second-order valence-corrected chi connectivity index (χ2v) is 5.72. The van der Waals surface area contributed by atoms with Crippen LogP contribution in [0.3, 0.4) is 0 Å². The molecule has 0 saturated heterocycles. The zero-order valence-corrected chi connectivity index (χ0v) is 14.2. The van der Waals surface area contributed by atoms with Gasteiger partial charge in [-0.25, -0.2) is 4.79 Å². The molecule has 0 radical (unpaired) electrons. The zero-order valence-electron chi connectivity index (χ0n) is 14.2. The highest BCUT2D eigenvalue weighted by atomic mass is 16.5. The third kappa shape index (κ3) is 4.25. The van der Waals surface area contributed by atoms with E-state index in [2.05, 4.69) is 5.32 Å². The lowest BCUT2D eigenvalue weighted by molar-refractivity contribution is -0.146. The van der Waals surface area contributed by atoms with E-state index in [-0.39, 0.29) is 18.4 Å². The molecule has 2 aromatic carbocycles. The number of methoxy groups -OCH3 is 1. The first-order valence-corrected chi connectivity index (χ1v) is 8.04. The highest BCUT2D eigenvalue weighted by molar-refractivity contribution is 5.89. The molecule has 2 aromatic rings. The van der Waals surface area contributed by atoms with Gasteiger partial charge in [0.2, 0.25) is 0 Å². The van der Waals surface area contributed by atoms with Crippen molar-refractivity contribution in [3.05, 3.63) is 42.5 Å². The third-order valence-electron chi connectivity index (χ3n) is 4.09. The highest BCUT2D eigenvalue weighted by Gasteiger charge is 2.26. The van der Waals surface area contributed by atoms with Gasteiger partial charge >= 0.3 is 5.97 Å². The molecule has 0 fully saturated rings. The van der Waals surface area contributed by atoms with E-state index in [4.69, 9.17) is 9.47 Å². The van der Waals surface area contributed by atoms with Gasteiger partial charge in [-0.05, 0) is 17.4 Å². The molecule has 0 aromatic heterocycles. The highest BCUT2D eigenvalue weighted by Crippen LogP contribution is 2.25. The normalized spacial score (nSPS) is 13.1. The van der Waals surface area contributed by atoms with Gasteiger partial charge in [-0.3, -0.25) is 4.79 Å². The van der Waals surface area contributed by atoms with Gasteiger partial charge in [0.25, 0.3) is 5.91 Å². The van der Waals surface area contributed by atoms with Crippen LogP contribution in [0, 0.1) is 5.92 Å². The number of rotatable bonds is 7. The summed E-state index contributed by atoms with van der Waals surface area (Å²) in [6, 6.07) is 12.8. The second kappa shape index (κ2) is 8.34. The summed E-state index contributed by atoms with van der Waals surface area (Å²) in [4.78, 5) is 24.0. The topological polar surface area (TPSA) is 64.6 Å². The average Bonchev–Trinajstić information content (AvgIpc) is 2.63.